The van der Waals surface area contributed by atoms with Crippen molar-refractivity contribution in [3.05, 3.63) is 48.4 Å². The fraction of sp³-hybridized carbons (Fsp3) is 0.381. The third-order valence-electron chi connectivity index (χ3n) is 5.56. The van der Waals surface area contributed by atoms with Gasteiger partial charge >= 0.3 is 0 Å². The lowest BCUT2D eigenvalue weighted by Crippen LogP contribution is -2.30. The molecule has 144 valence electrons. The lowest BCUT2D eigenvalue weighted by molar-refractivity contribution is 0.0763. The van der Waals surface area contributed by atoms with Crippen molar-refractivity contribution in [1.29, 1.82) is 0 Å². The highest BCUT2D eigenvalue weighted by Gasteiger charge is 2.23. The molecule has 1 fully saturated rings. The largest absolute Gasteiger partial charge is 0.393 e. The molecular formula is C21H23N5OS. The number of anilines is 1. The normalized spacial score (nSPS) is 20.0. The number of nitrogens with zero attached hydrogens (tertiary/aromatic N) is 4. The fourth-order valence-corrected chi connectivity index (χ4v) is 4.93. The van der Waals surface area contributed by atoms with E-state index in [2.05, 4.69) is 38.1 Å². The molecule has 0 radical (unpaired) electrons. The molecule has 0 amide bonds. The molecule has 1 aliphatic rings. The summed E-state index contributed by atoms with van der Waals surface area (Å²) in [5.41, 5.74) is 4.03. The van der Waals surface area contributed by atoms with Crippen molar-refractivity contribution in [3.63, 3.8) is 0 Å². The van der Waals surface area contributed by atoms with Crippen molar-refractivity contribution in [2.45, 2.75) is 38.3 Å². The molecule has 2 N–H and O–H groups in total. The van der Waals surface area contributed by atoms with Gasteiger partial charge in [-0.05, 0) is 42.7 Å². The minimum atomic E-state index is -0.180. The van der Waals surface area contributed by atoms with Gasteiger partial charge in [0.1, 0.15) is 5.52 Å². The Morgan fingerprint density at radius 3 is 3.00 bits per heavy atom. The predicted octanol–water partition coefficient (Wildman–Crippen LogP) is 4.05. The summed E-state index contributed by atoms with van der Waals surface area (Å²) in [6.07, 6.45) is 7.84. The zero-order chi connectivity index (χ0) is 18.9. The molecule has 3 aromatic heterocycles. The Bertz CT molecular complexity index is 1100. The maximum atomic E-state index is 10.2. The smallest absolute Gasteiger partial charge is 0.183 e. The first-order valence-corrected chi connectivity index (χ1v) is 10.7. The highest BCUT2D eigenvalue weighted by molar-refractivity contribution is 7.22. The molecule has 4 aromatic rings. The minimum absolute atomic E-state index is 0.180. The van der Waals surface area contributed by atoms with E-state index in [1.165, 1.54) is 16.7 Å². The van der Waals surface area contributed by atoms with E-state index in [0.29, 0.717) is 5.92 Å². The van der Waals surface area contributed by atoms with Crippen LogP contribution >= 0.6 is 11.3 Å². The van der Waals surface area contributed by atoms with Crippen molar-refractivity contribution < 1.29 is 5.11 Å². The van der Waals surface area contributed by atoms with Gasteiger partial charge < -0.3 is 15.0 Å². The highest BCUT2D eigenvalue weighted by atomic mass is 32.1. The van der Waals surface area contributed by atoms with E-state index < -0.39 is 0 Å². The van der Waals surface area contributed by atoms with Gasteiger partial charge in [-0.15, -0.1) is 0 Å². The molecule has 5 rings (SSSR count). The van der Waals surface area contributed by atoms with E-state index in [9.17, 15) is 5.11 Å². The van der Waals surface area contributed by atoms with E-state index in [1.54, 1.807) is 17.5 Å². The SMILES string of the molecule is OC1CCCCC1CNc1nc2ccc(Cn3cnc4cccnc43)cc2s1. The Labute approximate surface area is 167 Å². The second-order valence-electron chi connectivity index (χ2n) is 7.53. The third kappa shape index (κ3) is 3.47. The molecule has 6 nitrogen and oxygen atoms in total. The molecule has 0 saturated heterocycles. The molecule has 2 unspecified atom stereocenters. The van der Waals surface area contributed by atoms with Crippen LogP contribution in [0.15, 0.2) is 42.9 Å². The van der Waals surface area contributed by atoms with Crippen LogP contribution in [0.5, 0.6) is 0 Å². The van der Waals surface area contributed by atoms with Gasteiger partial charge in [0.05, 0.1) is 29.2 Å². The Morgan fingerprint density at radius 2 is 2.07 bits per heavy atom. The summed E-state index contributed by atoms with van der Waals surface area (Å²) in [4.78, 5) is 13.6. The van der Waals surface area contributed by atoms with Gasteiger partial charge in [0.15, 0.2) is 10.8 Å². The quantitative estimate of drug-likeness (QED) is 0.535. The van der Waals surface area contributed by atoms with E-state index in [-0.39, 0.29) is 6.10 Å². The number of hydrogen-bond acceptors (Lipinski definition) is 6. The molecule has 0 bridgehead atoms. The van der Waals surface area contributed by atoms with Crippen molar-refractivity contribution in [3.8, 4) is 0 Å². The average Bonchev–Trinajstić information content (AvgIpc) is 3.31. The minimum Gasteiger partial charge on any atom is -0.393 e. The molecule has 1 saturated carbocycles. The number of hydrogen-bond donors (Lipinski definition) is 2. The summed E-state index contributed by atoms with van der Waals surface area (Å²) in [6.45, 7) is 1.53. The van der Waals surface area contributed by atoms with Crippen molar-refractivity contribution in [2.75, 3.05) is 11.9 Å². The van der Waals surface area contributed by atoms with Gasteiger partial charge in [-0.3, -0.25) is 0 Å². The first kappa shape index (κ1) is 17.6. The van der Waals surface area contributed by atoms with Crippen LogP contribution in [0.25, 0.3) is 21.4 Å². The number of aromatic nitrogens is 4. The van der Waals surface area contributed by atoms with Gasteiger partial charge in [0, 0.05) is 18.7 Å². The van der Waals surface area contributed by atoms with E-state index >= 15 is 0 Å². The van der Waals surface area contributed by atoms with Crippen molar-refractivity contribution in [1.82, 2.24) is 19.5 Å². The number of rotatable bonds is 5. The number of nitrogens with one attached hydrogen (secondary N) is 1. The molecule has 28 heavy (non-hydrogen) atoms. The number of benzene rings is 1. The number of aliphatic hydroxyl groups excluding tert-OH is 1. The lowest BCUT2D eigenvalue weighted by Gasteiger charge is -2.27. The third-order valence-corrected chi connectivity index (χ3v) is 6.54. The van der Waals surface area contributed by atoms with Gasteiger partial charge in [0.2, 0.25) is 0 Å². The molecule has 2 atom stereocenters. The summed E-state index contributed by atoms with van der Waals surface area (Å²) >= 11 is 1.67. The maximum absolute atomic E-state index is 10.2. The Morgan fingerprint density at radius 1 is 1.14 bits per heavy atom. The van der Waals surface area contributed by atoms with Crippen LogP contribution in [0.1, 0.15) is 31.2 Å². The number of thiazole rings is 1. The predicted molar refractivity (Wildman–Crippen MR) is 113 cm³/mol. The Kier molecular flexibility index (Phi) is 4.70. The molecule has 3 heterocycles. The van der Waals surface area contributed by atoms with Crippen LogP contribution < -0.4 is 5.32 Å². The first-order valence-electron chi connectivity index (χ1n) is 9.83. The maximum Gasteiger partial charge on any atom is 0.183 e. The van der Waals surface area contributed by atoms with Crippen LogP contribution in [0.2, 0.25) is 0 Å². The second kappa shape index (κ2) is 7.48. The molecular weight excluding hydrogens is 370 g/mol. The fourth-order valence-electron chi connectivity index (χ4n) is 4.00. The van der Waals surface area contributed by atoms with E-state index in [4.69, 9.17) is 4.98 Å². The molecule has 1 aromatic carbocycles. The van der Waals surface area contributed by atoms with Crippen LogP contribution in [0.3, 0.4) is 0 Å². The molecule has 7 heteroatoms. The van der Waals surface area contributed by atoms with E-state index in [1.807, 2.05) is 18.5 Å². The summed E-state index contributed by atoms with van der Waals surface area (Å²) in [6, 6.07) is 10.3. The molecule has 0 spiro atoms. The van der Waals surface area contributed by atoms with Crippen LogP contribution in [-0.2, 0) is 6.54 Å². The summed E-state index contributed by atoms with van der Waals surface area (Å²) in [5.74, 6) is 0.332. The standard InChI is InChI=1S/C21H23N5OS/c27-18-6-2-1-4-15(18)11-23-21-25-16-8-7-14(10-19(16)28-21)12-26-13-24-17-5-3-9-22-20(17)26/h3,5,7-10,13,15,18,27H,1-2,4,6,11-12H2,(H,23,25). The Hall–Kier alpha value is -2.51. The second-order valence-corrected chi connectivity index (χ2v) is 8.56. The van der Waals surface area contributed by atoms with Crippen LogP contribution in [-0.4, -0.2) is 37.3 Å². The summed E-state index contributed by atoms with van der Waals surface area (Å²) in [5, 5.41) is 14.5. The van der Waals surface area contributed by atoms with Crippen molar-refractivity contribution >= 4 is 37.8 Å². The highest BCUT2D eigenvalue weighted by Crippen LogP contribution is 2.29. The summed E-state index contributed by atoms with van der Waals surface area (Å²) < 4.78 is 3.24. The van der Waals surface area contributed by atoms with Gasteiger partial charge in [-0.1, -0.05) is 30.2 Å². The number of aliphatic hydroxyl groups is 1. The van der Waals surface area contributed by atoms with Crippen molar-refractivity contribution in [2.24, 2.45) is 5.92 Å². The molecule has 1 aliphatic carbocycles. The lowest BCUT2D eigenvalue weighted by atomic mass is 9.86. The van der Waals surface area contributed by atoms with Crippen LogP contribution in [0.4, 0.5) is 5.13 Å². The van der Waals surface area contributed by atoms with Crippen LogP contribution in [0, 0.1) is 5.92 Å². The topological polar surface area (TPSA) is 75.9 Å². The summed E-state index contributed by atoms with van der Waals surface area (Å²) in [7, 11) is 0. The zero-order valence-corrected chi connectivity index (χ0v) is 16.4. The van der Waals surface area contributed by atoms with E-state index in [0.717, 1.165) is 54.2 Å². The first-order chi connectivity index (χ1) is 13.8. The number of imidazole rings is 1. The number of pyridine rings is 1. The monoisotopic (exact) mass is 393 g/mol. The zero-order valence-electron chi connectivity index (χ0n) is 15.6. The van der Waals surface area contributed by atoms with Gasteiger partial charge in [-0.2, -0.15) is 0 Å². The molecule has 0 aliphatic heterocycles. The Balaban J connectivity index is 1.32. The average molecular weight is 394 g/mol. The van der Waals surface area contributed by atoms with Gasteiger partial charge in [-0.25, -0.2) is 15.0 Å². The number of fused-ring (bicyclic) bond motifs is 2. The van der Waals surface area contributed by atoms with Gasteiger partial charge in [0.25, 0.3) is 0 Å².